The maximum absolute atomic E-state index is 6.08. The molecule has 5 aromatic rings. The zero-order chi connectivity index (χ0) is 25.8. The van der Waals surface area contributed by atoms with Crippen molar-refractivity contribution in [3.05, 3.63) is 156 Å². The molecule has 0 aliphatic heterocycles. The molecular formula is C34H28N2O2. The van der Waals surface area contributed by atoms with Crippen LogP contribution in [0.5, 0.6) is 11.5 Å². The maximum Gasteiger partial charge on any atom is 0.128 e. The highest BCUT2D eigenvalue weighted by molar-refractivity contribution is 5.89. The molecule has 4 heteroatoms. The zero-order valence-corrected chi connectivity index (χ0v) is 21.0. The number of nitrogens with zero attached hydrogens (tertiary/aromatic N) is 2. The van der Waals surface area contributed by atoms with Crippen LogP contribution in [0.1, 0.15) is 22.3 Å². The summed E-state index contributed by atoms with van der Waals surface area (Å²) in [4.78, 5) is 9.51. The fraction of sp³-hybridized carbons (Fsp3) is 0.0588. The molecule has 0 unspecified atom stereocenters. The van der Waals surface area contributed by atoms with E-state index < -0.39 is 0 Å². The van der Waals surface area contributed by atoms with Crippen LogP contribution in [0.4, 0.5) is 11.4 Å². The van der Waals surface area contributed by atoms with E-state index in [1.54, 1.807) is 0 Å². The Morgan fingerprint density at radius 2 is 0.789 bits per heavy atom. The molecular weight excluding hydrogens is 468 g/mol. The Balaban J connectivity index is 1.31. The highest BCUT2D eigenvalue weighted by atomic mass is 16.5. The van der Waals surface area contributed by atoms with Gasteiger partial charge in [0, 0.05) is 23.6 Å². The molecule has 0 N–H and O–H groups in total. The largest absolute Gasteiger partial charge is 0.488 e. The summed E-state index contributed by atoms with van der Waals surface area (Å²) < 4.78 is 12.2. The average molecular weight is 497 g/mol. The first kappa shape index (κ1) is 24.7. The third-order valence-corrected chi connectivity index (χ3v) is 5.88. The van der Waals surface area contributed by atoms with E-state index in [4.69, 9.17) is 19.5 Å². The van der Waals surface area contributed by atoms with Crippen LogP contribution in [0.15, 0.2) is 143 Å². The summed E-state index contributed by atoms with van der Waals surface area (Å²) in [6.07, 6.45) is 3.65. The topological polar surface area (TPSA) is 43.2 Å². The van der Waals surface area contributed by atoms with Crippen molar-refractivity contribution in [3.8, 4) is 11.5 Å². The predicted octanol–water partition coefficient (Wildman–Crippen LogP) is 8.35. The van der Waals surface area contributed by atoms with Gasteiger partial charge in [0.15, 0.2) is 0 Å². The van der Waals surface area contributed by atoms with E-state index in [1.165, 1.54) is 0 Å². The van der Waals surface area contributed by atoms with Crippen LogP contribution in [0.2, 0.25) is 0 Å². The van der Waals surface area contributed by atoms with Crippen molar-refractivity contribution in [3.63, 3.8) is 0 Å². The minimum absolute atomic E-state index is 0.498. The Morgan fingerprint density at radius 3 is 1.24 bits per heavy atom. The third-order valence-electron chi connectivity index (χ3n) is 5.88. The lowest BCUT2D eigenvalue weighted by Crippen LogP contribution is -1.98. The number of para-hydroxylation sites is 4. The van der Waals surface area contributed by atoms with Crippen molar-refractivity contribution < 1.29 is 9.47 Å². The van der Waals surface area contributed by atoms with Crippen molar-refractivity contribution in [2.24, 2.45) is 9.98 Å². The van der Waals surface area contributed by atoms with E-state index >= 15 is 0 Å². The number of hydrogen-bond acceptors (Lipinski definition) is 4. The van der Waals surface area contributed by atoms with Gasteiger partial charge >= 0.3 is 0 Å². The lowest BCUT2D eigenvalue weighted by atomic mass is 10.2. The number of hydrogen-bond donors (Lipinski definition) is 0. The van der Waals surface area contributed by atoms with Crippen LogP contribution in [0.3, 0.4) is 0 Å². The van der Waals surface area contributed by atoms with E-state index in [0.29, 0.717) is 13.2 Å². The number of aliphatic imine (C=N–C) groups is 2. The minimum atomic E-state index is 0.498. The van der Waals surface area contributed by atoms with Gasteiger partial charge in [-0.2, -0.15) is 0 Å². The van der Waals surface area contributed by atoms with Gasteiger partial charge < -0.3 is 9.47 Å². The molecule has 0 heterocycles. The van der Waals surface area contributed by atoms with Crippen molar-refractivity contribution in [1.82, 2.24) is 0 Å². The van der Waals surface area contributed by atoms with Crippen LogP contribution in [-0.2, 0) is 13.2 Å². The Hall–Kier alpha value is -4.96. The Bertz CT molecular complexity index is 1400. The molecule has 38 heavy (non-hydrogen) atoms. The van der Waals surface area contributed by atoms with Gasteiger partial charge in [0.2, 0.25) is 0 Å². The van der Waals surface area contributed by atoms with E-state index in [9.17, 15) is 0 Å². The van der Waals surface area contributed by atoms with Gasteiger partial charge in [-0.15, -0.1) is 0 Å². The van der Waals surface area contributed by atoms with Gasteiger partial charge in [-0.05, 0) is 47.5 Å². The summed E-state index contributed by atoms with van der Waals surface area (Å²) in [6.45, 7) is 0.997. The molecule has 0 spiro atoms. The van der Waals surface area contributed by atoms with Gasteiger partial charge in [-0.1, -0.05) is 97.1 Å². The van der Waals surface area contributed by atoms with Gasteiger partial charge in [0.25, 0.3) is 0 Å². The van der Waals surface area contributed by atoms with Crippen molar-refractivity contribution in [2.45, 2.75) is 13.2 Å². The molecule has 0 bridgehead atoms. The normalized spacial score (nSPS) is 11.2. The second kappa shape index (κ2) is 12.8. The van der Waals surface area contributed by atoms with Crippen molar-refractivity contribution in [2.75, 3.05) is 0 Å². The Kier molecular flexibility index (Phi) is 8.35. The standard InChI is InChI=1S/C34H28N2O2/c1-3-13-27(14-4-1)25-37-33-21-11-7-17-29(33)23-35-31-19-9-10-20-32(31)36-24-30-18-8-12-22-34(30)38-26-28-15-5-2-6-16-28/h1-24H,25-26H2. The molecule has 0 saturated heterocycles. The lowest BCUT2D eigenvalue weighted by molar-refractivity contribution is 0.305. The molecule has 4 nitrogen and oxygen atoms in total. The summed E-state index contributed by atoms with van der Waals surface area (Å²) in [5, 5.41) is 0. The van der Waals surface area contributed by atoms with Crippen LogP contribution in [-0.4, -0.2) is 12.4 Å². The Morgan fingerprint density at radius 1 is 0.421 bits per heavy atom. The summed E-state index contributed by atoms with van der Waals surface area (Å²) >= 11 is 0. The number of rotatable bonds is 10. The molecule has 0 amide bonds. The molecule has 5 aromatic carbocycles. The Labute approximate surface area is 223 Å². The number of ether oxygens (including phenoxy) is 2. The van der Waals surface area contributed by atoms with E-state index in [2.05, 4.69) is 24.3 Å². The van der Waals surface area contributed by atoms with Crippen molar-refractivity contribution in [1.29, 1.82) is 0 Å². The van der Waals surface area contributed by atoms with Gasteiger partial charge in [0.05, 0.1) is 11.4 Å². The minimum Gasteiger partial charge on any atom is -0.488 e. The first-order valence-corrected chi connectivity index (χ1v) is 12.5. The quantitative estimate of drug-likeness (QED) is 0.182. The zero-order valence-electron chi connectivity index (χ0n) is 21.0. The van der Waals surface area contributed by atoms with Crippen LogP contribution < -0.4 is 9.47 Å². The first-order valence-electron chi connectivity index (χ1n) is 12.5. The van der Waals surface area contributed by atoms with Crippen LogP contribution >= 0.6 is 0 Å². The van der Waals surface area contributed by atoms with E-state index in [0.717, 1.165) is 45.1 Å². The summed E-state index contributed by atoms with van der Waals surface area (Å²) in [6, 6.07) is 43.9. The molecule has 0 aliphatic carbocycles. The molecule has 0 fully saturated rings. The smallest absolute Gasteiger partial charge is 0.128 e. The fourth-order valence-corrected chi connectivity index (χ4v) is 3.87. The van der Waals surface area contributed by atoms with Crippen molar-refractivity contribution >= 4 is 23.8 Å². The molecule has 0 aliphatic rings. The van der Waals surface area contributed by atoms with Gasteiger partial charge in [-0.3, -0.25) is 9.98 Å². The highest BCUT2D eigenvalue weighted by Crippen LogP contribution is 2.29. The van der Waals surface area contributed by atoms with E-state index in [-0.39, 0.29) is 0 Å². The fourth-order valence-electron chi connectivity index (χ4n) is 3.87. The summed E-state index contributed by atoms with van der Waals surface area (Å²) in [5.74, 6) is 1.57. The molecule has 186 valence electrons. The summed E-state index contributed by atoms with van der Waals surface area (Å²) in [5.41, 5.74) is 5.58. The van der Waals surface area contributed by atoms with E-state index in [1.807, 2.05) is 122 Å². The second-order valence-electron chi connectivity index (χ2n) is 8.63. The molecule has 0 atom stereocenters. The SMILES string of the molecule is C(=Nc1ccccc1N=Cc1ccccc1OCc1ccccc1)c1ccccc1OCc1ccccc1. The first-order chi connectivity index (χ1) is 18.8. The maximum atomic E-state index is 6.08. The number of benzene rings is 5. The average Bonchev–Trinajstić information content (AvgIpc) is 2.99. The lowest BCUT2D eigenvalue weighted by Gasteiger charge is -2.09. The monoisotopic (exact) mass is 496 g/mol. The molecule has 0 saturated carbocycles. The molecule has 0 aromatic heterocycles. The molecule has 5 rings (SSSR count). The third kappa shape index (κ3) is 6.83. The summed E-state index contributed by atoms with van der Waals surface area (Å²) in [7, 11) is 0. The second-order valence-corrected chi connectivity index (χ2v) is 8.63. The predicted molar refractivity (Wildman–Crippen MR) is 155 cm³/mol. The molecule has 0 radical (unpaired) electrons. The van der Waals surface area contributed by atoms with Crippen LogP contribution in [0.25, 0.3) is 0 Å². The van der Waals surface area contributed by atoms with Gasteiger partial charge in [-0.25, -0.2) is 0 Å². The van der Waals surface area contributed by atoms with Gasteiger partial charge in [0.1, 0.15) is 24.7 Å². The highest BCUT2D eigenvalue weighted by Gasteiger charge is 2.05. The van der Waals surface area contributed by atoms with Crippen LogP contribution in [0, 0.1) is 0 Å².